The summed E-state index contributed by atoms with van der Waals surface area (Å²) in [6.45, 7) is 7.36. The second kappa shape index (κ2) is 10.3. The number of piperazine rings is 2. The Morgan fingerprint density at radius 2 is 1.58 bits per heavy atom. The summed E-state index contributed by atoms with van der Waals surface area (Å²) in [5.41, 5.74) is 1.27. The van der Waals surface area contributed by atoms with Crippen molar-refractivity contribution in [2.24, 2.45) is 0 Å². The molecule has 9 heteroatoms. The summed E-state index contributed by atoms with van der Waals surface area (Å²) in [4.78, 5) is 19.4. The molecule has 2 aliphatic heterocycles. The first-order chi connectivity index (χ1) is 15.8. The molecule has 0 aromatic heterocycles. The molecule has 1 unspecified atom stereocenters. The minimum Gasteiger partial charge on any atom is -0.339 e. The molecule has 7 nitrogen and oxygen atoms in total. The minimum atomic E-state index is -3.74. The van der Waals surface area contributed by atoms with Gasteiger partial charge >= 0.3 is 0 Å². The van der Waals surface area contributed by atoms with Gasteiger partial charge in [-0.2, -0.15) is 4.31 Å². The van der Waals surface area contributed by atoms with Crippen molar-refractivity contribution in [3.05, 3.63) is 66.0 Å². The topological polar surface area (TPSA) is 64.2 Å². The van der Waals surface area contributed by atoms with Crippen LogP contribution in [0.5, 0.6) is 0 Å². The van der Waals surface area contributed by atoms with Crippen molar-refractivity contribution < 1.29 is 17.6 Å². The van der Waals surface area contributed by atoms with Crippen LogP contribution in [0.15, 0.2) is 59.5 Å². The van der Waals surface area contributed by atoms with Crippen LogP contribution in [0.25, 0.3) is 0 Å². The molecule has 2 fully saturated rings. The molecule has 0 N–H and O–H groups in total. The standard InChI is InChI=1S/C24H31FN4O3S/c1-20(24(30)28-12-10-26(11-13-28)19-21-6-3-2-4-7-21)27-14-16-29(17-15-27)33(31,32)23-9-5-8-22(25)18-23/h2-9,18,20H,10-17,19H2,1H3. The SMILES string of the molecule is CC(C(=O)N1CCN(Cc2ccccc2)CC1)N1CCN(S(=O)(=O)c2cccc(F)c2)CC1. The van der Waals surface area contributed by atoms with E-state index in [1.165, 1.54) is 28.1 Å². The number of hydrogen-bond acceptors (Lipinski definition) is 5. The average molecular weight is 475 g/mol. The van der Waals surface area contributed by atoms with Crippen LogP contribution in [-0.4, -0.2) is 91.7 Å². The maximum absolute atomic E-state index is 13.5. The maximum Gasteiger partial charge on any atom is 0.243 e. The van der Waals surface area contributed by atoms with E-state index >= 15 is 0 Å². The van der Waals surface area contributed by atoms with Crippen LogP contribution in [0.4, 0.5) is 4.39 Å². The second-order valence-electron chi connectivity index (χ2n) is 8.66. The molecule has 2 aromatic carbocycles. The molecule has 2 heterocycles. The number of carbonyl (C=O) groups excluding carboxylic acids is 1. The summed E-state index contributed by atoms with van der Waals surface area (Å²) in [7, 11) is -3.74. The molecule has 0 bridgehead atoms. The highest BCUT2D eigenvalue weighted by molar-refractivity contribution is 7.89. The zero-order chi connectivity index (χ0) is 23.4. The fourth-order valence-electron chi connectivity index (χ4n) is 4.50. The third kappa shape index (κ3) is 5.60. The van der Waals surface area contributed by atoms with E-state index in [1.54, 1.807) is 0 Å². The lowest BCUT2D eigenvalue weighted by Crippen LogP contribution is -2.57. The Morgan fingerprint density at radius 3 is 2.21 bits per heavy atom. The third-order valence-electron chi connectivity index (χ3n) is 6.55. The number of halogens is 1. The van der Waals surface area contributed by atoms with E-state index in [0.29, 0.717) is 26.2 Å². The molecule has 178 valence electrons. The summed E-state index contributed by atoms with van der Waals surface area (Å²) in [6.07, 6.45) is 0. The largest absolute Gasteiger partial charge is 0.339 e. The van der Waals surface area contributed by atoms with Crippen LogP contribution in [0.2, 0.25) is 0 Å². The Hall–Kier alpha value is -2.33. The number of carbonyl (C=O) groups is 1. The normalized spacial score (nSPS) is 20.0. The zero-order valence-electron chi connectivity index (χ0n) is 18.9. The highest BCUT2D eigenvalue weighted by Gasteiger charge is 2.34. The van der Waals surface area contributed by atoms with E-state index in [0.717, 1.165) is 25.7 Å². The van der Waals surface area contributed by atoms with Crippen LogP contribution >= 0.6 is 0 Å². The van der Waals surface area contributed by atoms with Crippen LogP contribution in [0.1, 0.15) is 12.5 Å². The van der Waals surface area contributed by atoms with E-state index in [2.05, 4.69) is 17.0 Å². The fourth-order valence-corrected chi connectivity index (χ4v) is 5.95. The van der Waals surface area contributed by atoms with Gasteiger partial charge in [-0.15, -0.1) is 0 Å². The lowest BCUT2D eigenvalue weighted by molar-refractivity contribution is -0.138. The Kier molecular flexibility index (Phi) is 7.43. The van der Waals surface area contributed by atoms with E-state index in [4.69, 9.17) is 0 Å². The molecule has 0 aliphatic carbocycles. The molecule has 1 amide bonds. The molecule has 2 saturated heterocycles. The molecule has 2 aliphatic rings. The average Bonchev–Trinajstić information content (AvgIpc) is 2.84. The predicted octanol–water partition coefficient (Wildman–Crippen LogP) is 1.86. The third-order valence-corrected chi connectivity index (χ3v) is 8.44. The van der Waals surface area contributed by atoms with Crippen molar-refractivity contribution in [1.29, 1.82) is 0 Å². The Balaban J connectivity index is 1.27. The summed E-state index contributed by atoms with van der Waals surface area (Å²) < 4.78 is 40.5. The van der Waals surface area contributed by atoms with Gasteiger partial charge in [-0.05, 0) is 30.7 Å². The summed E-state index contributed by atoms with van der Waals surface area (Å²) in [5.74, 6) is -0.478. The van der Waals surface area contributed by atoms with Gasteiger partial charge in [0.2, 0.25) is 15.9 Å². The number of nitrogens with zero attached hydrogens (tertiary/aromatic N) is 4. The van der Waals surface area contributed by atoms with Crippen molar-refractivity contribution in [2.45, 2.75) is 24.4 Å². The first-order valence-electron chi connectivity index (χ1n) is 11.4. The van der Waals surface area contributed by atoms with Gasteiger partial charge in [0.15, 0.2) is 0 Å². The quantitative estimate of drug-likeness (QED) is 0.640. The van der Waals surface area contributed by atoms with Crippen molar-refractivity contribution in [2.75, 3.05) is 52.4 Å². The second-order valence-corrected chi connectivity index (χ2v) is 10.6. The molecule has 33 heavy (non-hydrogen) atoms. The highest BCUT2D eigenvalue weighted by atomic mass is 32.2. The summed E-state index contributed by atoms with van der Waals surface area (Å²) in [5, 5.41) is 0. The number of rotatable bonds is 6. The first-order valence-corrected chi connectivity index (χ1v) is 12.8. The Morgan fingerprint density at radius 1 is 0.909 bits per heavy atom. The summed E-state index contributed by atoms with van der Waals surface area (Å²) >= 11 is 0. The molecule has 0 radical (unpaired) electrons. The Labute approximate surface area is 195 Å². The van der Waals surface area contributed by atoms with Gasteiger partial charge in [-0.3, -0.25) is 14.6 Å². The zero-order valence-corrected chi connectivity index (χ0v) is 19.8. The van der Waals surface area contributed by atoms with Crippen molar-refractivity contribution in [3.8, 4) is 0 Å². The molecular weight excluding hydrogens is 443 g/mol. The van der Waals surface area contributed by atoms with E-state index < -0.39 is 15.8 Å². The molecular formula is C24H31FN4O3S. The molecule has 2 aromatic rings. The van der Waals surface area contributed by atoms with Crippen LogP contribution in [0.3, 0.4) is 0 Å². The van der Waals surface area contributed by atoms with Gasteiger partial charge in [0.1, 0.15) is 5.82 Å². The first kappa shape index (κ1) is 23.8. The van der Waals surface area contributed by atoms with E-state index in [1.807, 2.05) is 34.9 Å². The maximum atomic E-state index is 13.5. The van der Waals surface area contributed by atoms with Gasteiger partial charge in [-0.25, -0.2) is 12.8 Å². The van der Waals surface area contributed by atoms with Crippen molar-refractivity contribution in [1.82, 2.24) is 19.0 Å². The van der Waals surface area contributed by atoms with Gasteiger partial charge in [0.25, 0.3) is 0 Å². The lowest BCUT2D eigenvalue weighted by Gasteiger charge is -2.40. The van der Waals surface area contributed by atoms with Crippen molar-refractivity contribution in [3.63, 3.8) is 0 Å². The monoisotopic (exact) mass is 474 g/mol. The van der Waals surface area contributed by atoms with Gasteiger partial charge in [0.05, 0.1) is 10.9 Å². The van der Waals surface area contributed by atoms with Crippen LogP contribution in [-0.2, 0) is 21.4 Å². The number of benzene rings is 2. The fraction of sp³-hybridized carbons (Fsp3) is 0.458. The molecule has 0 spiro atoms. The smallest absolute Gasteiger partial charge is 0.243 e. The summed E-state index contributed by atoms with van der Waals surface area (Å²) in [6, 6.07) is 15.1. The molecule has 4 rings (SSSR count). The molecule has 1 atom stereocenters. The number of amides is 1. The lowest BCUT2D eigenvalue weighted by atomic mass is 10.1. The van der Waals surface area contributed by atoms with Gasteiger partial charge in [-0.1, -0.05) is 36.4 Å². The van der Waals surface area contributed by atoms with E-state index in [9.17, 15) is 17.6 Å². The highest BCUT2D eigenvalue weighted by Crippen LogP contribution is 2.20. The van der Waals surface area contributed by atoms with Crippen LogP contribution < -0.4 is 0 Å². The van der Waals surface area contributed by atoms with Crippen LogP contribution in [0, 0.1) is 5.82 Å². The van der Waals surface area contributed by atoms with Crippen molar-refractivity contribution >= 4 is 15.9 Å². The van der Waals surface area contributed by atoms with Gasteiger partial charge in [0, 0.05) is 58.9 Å². The Bertz CT molecular complexity index is 1050. The minimum absolute atomic E-state index is 0.0338. The van der Waals surface area contributed by atoms with E-state index in [-0.39, 0.29) is 29.9 Å². The predicted molar refractivity (Wildman–Crippen MR) is 124 cm³/mol. The van der Waals surface area contributed by atoms with Gasteiger partial charge < -0.3 is 4.90 Å². The number of sulfonamides is 1. The molecule has 0 saturated carbocycles. The number of hydrogen-bond donors (Lipinski definition) is 0.